The predicted octanol–water partition coefficient (Wildman–Crippen LogP) is 3.13. The molecule has 0 aliphatic carbocycles. The van der Waals surface area contributed by atoms with Gasteiger partial charge in [-0.15, -0.1) is 0 Å². The molecule has 112 valence electrons. The topological polar surface area (TPSA) is 58.6 Å². The van der Waals surface area contributed by atoms with Crippen molar-refractivity contribution in [2.24, 2.45) is 0 Å². The van der Waals surface area contributed by atoms with Gasteiger partial charge in [-0.25, -0.2) is 4.39 Å². The minimum atomic E-state index is -1.10. The maximum atomic E-state index is 14.0. The maximum absolute atomic E-state index is 14.0. The minimum absolute atomic E-state index is 0.346. The van der Waals surface area contributed by atoms with Crippen LogP contribution >= 0.6 is 0 Å². The lowest BCUT2D eigenvalue weighted by Crippen LogP contribution is -2.50. The molecule has 4 nitrogen and oxygen atoms in total. The third kappa shape index (κ3) is 3.48. The molecule has 1 aromatic rings. The molecule has 0 radical (unpaired) electrons. The number of aliphatic carboxylic acids is 1. The number of carboxylic acid groups (broad SMARTS) is 1. The van der Waals surface area contributed by atoms with Crippen LogP contribution in [0.3, 0.4) is 0 Å². The Morgan fingerprint density at radius 3 is 2.70 bits per heavy atom. The first-order chi connectivity index (χ1) is 9.35. The van der Waals surface area contributed by atoms with Crippen LogP contribution in [0, 0.1) is 5.82 Å². The van der Waals surface area contributed by atoms with Gasteiger partial charge >= 0.3 is 5.97 Å². The van der Waals surface area contributed by atoms with Crippen LogP contribution in [0.5, 0.6) is 5.75 Å². The van der Waals surface area contributed by atoms with E-state index in [2.05, 4.69) is 5.32 Å². The molecular formula is C15H22FNO3. The third-order valence-corrected chi connectivity index (χ3v) is 3.42. The summed E-state index contributed by atoms with van der Waals surface area (Å²) in [7, 11) is 1.47. The monoisotopic (exact) mass is 283 g/mol. The molecule has 0 fully saturated rings. The van der Waals surface area contributed by atoms with Crippen molar-refractivity contribution < 1.29 is 19.0 Å². The summed E-state index contributed by atoms with van der Waals surface area (Å²) in [6, 6.07) is 4.09. The molecule has 0 aromatic heterocycles. The number of rotatable bonds is 7. The molecule has 0 aliphatic heterocycles. The van der Waals surface area contributed by atoms with E-state index >= 15 is 0 Å². The molecule has 0 aliphatic rings. The number of nitrogens with one attached hydrogen (secondary N) is 1. The minimum Gasteiger partial charge on any atom is -0.496 e. The predicted molar refractivity (Wildman–Crippen MR) is 75.5 cm³/mol. The van der Waals surface area contributed by atoms with Gasteiger partial charge in [0, 0.05) is 11.6 Å². The van der Waals surface area contributed by atoms with Crippen LogP contribution in [0.15, 0.2) is 18.2 Å². The smallest absolute Gasteiger partial charge is 0.323 e. The third-order valence-electron chi connectivity index (χ3n) is 3.42. The highest BCUT2D eigenvalue weighted by Gasteiger charge is 2.34. The van der Waals surface area contributed by atoms with Crippen LogP contribution in [0.1, 0.15) is 45.2 Å². The van der Waals surface area contributed by atoms with E-state index in [-0.39, 0.29) is 0 Å². The van der Waals surface area contributed by atoms with Crippen LogP contribution in [0.4, 0.5) is 4.39 Å². The van der Waals surface area contributed by atoms with E-state index in [0.717, 1.165) is 6.42 Å². The molecule has 2 atom stereocenters. The second-order valence-electron chi connectivity index (χ2n) is 5.11. The number of benzene rings is 1. The molecular weight excluding hydrogens is 261 g/mol. The number of halogens is 1. The van der Waals surface area contributed by atoms with Gasteiger partial charge in [0.2, 0.25) is 0 Å². The first kappa shape index (κ1) is 16.4. The van der Waals surface area contributed by atoms with Gasteiger partial charge in [-0.3, -0.25) is 10.1 Å². The Balaban J connectivity index is 3.06. The molecule has 20 heavy (non-hydrogen) atoms. The van der Waals surface area contributed by atoms with Crippen molar-refractivity contribution in [1.29, 1.82) is 0 Å². The van der Waals surface area contributed by atoms with Gasteiger partial charge in [-0.05, 0) is 32.4 Å². The molecule has 2 unspecified atom stereocenters. The lowest BCUT2D eigenvalue weighted by molar-refractivity contribution is -0.144. The van der Waals surface area contributed by atoms with Gasteiger partial charge in [-0.1, -0.05) is 19.4 Å². The number of methoxy groups -OCH3 is 1. The zero-order chi connectivity index (χ0) is 15.3. The summed E-state index contributed by atoms with van der Waals surface area (Å²) in [6.45, 7) is 5.26. The Morgan fingerprint density at radius 2 is 2.20 bits per heavy atom. The van der Waals surface area contributed by atoms with Crippen molar-refractivity contribution in [3.63, 3.8) is 0 Å². The van der Waals surface area contributed by atoms with Crippen molar-refractivity contribution >= 4 is 5.97 Å². The molecule has 0 bridgehead atoms. The van der Waals surface area contributed by atoms with Crippen LogP contribution in [-0.2, 0) is 4.79 Å². The largest absolute Gasteiger partial charge is 0.496 e. The number of ether oxygens (including phenoxy) is 1. The zero-order valence-electron chi connectivity index (χ0n) is 12.4. The van der Waals surface area contributed by atoms with Crippen LogP contribution in [0.25, 0.3) is 0 Å². The fourth-order valence-corrected chi connectivity index (χ4v) is 2.41. The summed E-state index contributed by atoms with van der Waals surface area (Å²) in [6.07, 6.45) is 1.18. The van der Waals surface area contributed by atoms with E-state index in [9.17, 15) is 14.3 Å². The van der Waals surface area contributed by atoms with E-state index in [1.54, 1.807) is 26.0 Å². The van der Waals surface area contributed by atoms with E-state index in [0.29, 0.717) is 17.7 Å². The quantitative estimate of drug-likeness (QED) is 0.807. The summed E-state index contributed by atoms with van der Waals surface area (Å²) >= 11 is 0. The van der Waals surface area contributed by atoms with E-state index in [4.69, 9.17) is 4.74 Å². The molecule has 0 spiro atoms. The number of carboxylic acids is 1. The average molecular weight is 283 g/mol. The Hall–Kier alpha value is -1.62. The van der Waals surface area contributed by atoms with Crippen LogP contribution < -0.4 is 10.1 Å². The van der Waals surface area contributed by atoms with Crippen molar-refractivity contribution in [1.82, 2.24) is 5.32 Å². The van der Waals surface area contributed by atoms with Gasteiger partial charge in [0.15, 0.2) is 0 Å². The second kappa shape index (κ2) is 6.70. The highest BCUT2D eigenvalue weighted by molar-refractivity contribution is 5.78. The van der Waals surface area contributed by atoms with E-state index < -0.39 is 23.4 Å². The van der Waals surface area contributed by atoms with Crippen LogP contribution in [0.2, 0.25) is 0 Å². The van der Waals surface area contributed by atoms with Gasteiger partial charge in [0.05, 0.1) is 7.11 Å². The first-order valence-corrected chi connectivity index (χ1v) is 6.69. The molecule has 0 saturated carbocycles. The second-order valence-corrected chi connectivity index (χ2v) is 5.11. The number of carbonyl (C=O) groups is 1. The van der Waals surface area contributed by atoms with E-state index in [1.807, 2.05) is 6.92 Å². The fourth-order valence-electron chi connectivity index (χ4n) is 2.41. The number of hydrogen-bond donors (Lipinski definition) is 2. The van der Waals surface area contributed by atoms with Crippen LogP contribution in [-0.4, -0.2) is 23.7 Å². The summed E-state index contributed by atoms with van der Waals surface area (Å²) in [5, 5.41) is 12.4. The SMILES string of the molecule is CCCC(C)(NC(C)c1c(F)cccc1OC)C(=O)O. The van der Waals surface area contributed by atoms with Crippen molar-refractivity contribution in [3.8, 4) is 5.75 Å². The molecule has 1 rings (SSSR count). The molecule has 5 heteroatoms. The Labute approximate surface area is 119 Å². The molecule has 0 amide bonds. The van der Waals surface area contributed by atoms with Gasteiger partial charge in [-0.2, -0.15) is 0 Å². The van der Waals surface area contributed by atoms with Crippen molar-refractivity contribution in [3.05, 3.63) is 29.6 Å². The average Bonchev–Trinajstić information content (AvgIpc) is 2.38. The van der Waals surface area contributed by atoms with Gasteiger partial charge in [0.25, 0.3) is 0 Å². The zero-order valence-corrected chi connectivity index (χ0v) is 12.4. The molecule has 1 aromatic carbocycles. The lowest BCUT2D eigenvalue weighted by Gasteiger charge is -2.30. The highest BCUT2D eigenvalue weighted by atomic mass is 19.1. The van der Waals surface area contributed by atoms with Gasteiger partial charge < -0.3 is 9.84 Å². The standard InChI is InChI=1S/C15H22FNO3/c1-5-9-15(3,14(18)19)17-10(2)13-11(16)7-6-8-12(13)20-4/h6-8,10,17H,5,9H2,1-4H3,(H,18,19). The highest BCUT2D eigenvalue weighted by Crippen LogP contribution is 2.29. The molecule has 0 saturated heterocycles. The maximum Gasteiger partial charge on any atom is 0.323 e. The summed E-state index contributed by atoms with van der Waals surface area (Å²) in [4.78, 5) is 11.4. The van der Waals surface area contributed by atoms with E-state index in [1.165, 1.54) is 13.2 Å². The normalized spacial score (nSPS) is 15.4. The molecule has 0 heterocycles. The molecule has 2 N–H and O–H groups in total. The van der Waals surface area contributed by atoms with Crippen molar-refractivity contribution in [2.75, 3.05) is 7.11 Å². The number of hydrogen-bond acceptors (Lipinski definition) is 3. The lowest BCUT2D eigenvalue weighted by atomic mass is 9.93. The Morgan fingerprint density at radius 1 is 1.55 bits per heavy atom. The summed E-state index contributed by atoms with van der Waals surface area (Å²) in [5.41, 5.74) is -0.750. The van der Waals surface area contributed by atoms with Crippen molar-refractivity contribution in [2.45, 2.75) is 45.2 Å². The summed E-state index contributed by atoms with van der Waals surface area (Å²) < 4.78 is 19.1. The Bertz CT molecular complexity index is 478. The first-order valence-electron chi connectivity index (χ1n) is 6.69. The Kier molecular flexibility index (Phi) is 5.51. The van der Waals surface area contributed by atoms with Gasteiger partial charge in [0.1, 0.15) is 17.1 Å². The fraction of sp³-hybridized carbons (Fsp3) is 0.533. The summed E-state index contributed by atoms with van der Waals surface area (Å²) in [5.74, 6) is -0.940.